The molecule has 2 rings (SSSR count). The van der Waals surface area contributed by atoms with Gasteiger partial charge in [-0.05, 0) is 56.2 Å². The van der Waals surface area contributed by atoms with Crippen LogP contribution in [0, 0.1) is 20.8 Å². The van der Waals surface area contributed by atoms with E-state index in [0.29, 0.717) is 0 Å². The van der Waals surface area contributed by atoms with Gasteiger partial charge in [0.15, 0.2) is 0 Å². The summed E-state index contributed by atoms with van der Waals surface area (Å²) in [6.07, 6.45) is 0. The monoisotopic (exact) mass is 388 g/mol. The molecule has 1 N–H and O–H groups in total. The Labute approximate surface area is 151 Å². The van der Waals surface area contributed by atoms with Gasteiger partial charge in [-0.25, -0.2) is 0 Å². The van der Waals surface area contributed by atoms with Crippen LogP contribution in [0.4, 0.5) is 11.4 Å². The fraction of sp³-hybridized carbons (Fsp3) is 0.263. The minimum absolute atomic E-state index is 0.0227. The zero-order chi connectivity index (χ0) is 17.9. The second-order valence-electron chi connectivity index (χ2n) is 5.90. The molecule has 4 nitrogen and oxygen atoms in total. The maximum Gasteiger partial charge on any atom is 0.244 e. The van der Waals surface area contributed by atoms with Crippen molar-refractivity contribution in [2.24, 2.45) is 0 Å². The summed E-state index contributed by atoms with van der Waals surface area (Å²) in [5.74, 6) is -0.393. The standard InChI is InChI=1S/C19H21BrN2O2/c1-12-5-7-17(13(2)9-12)21-19(24)11-22(15(4)23)18-8-6-16(20)10-14(18)3/h5-10H,11H2,1-4H3,(H,21,24). The van der Waals surface area contributed by atoms with Crippen LogP contribution in [0.1, 0.15) is 23.6 Å². The Balaban J connectivity index is 2.18. The normalized spacial score (nSPS) is 10.4. The van der Waals surface area contributed by atoms with Crippen LogP contribution in [0.15, 0.2) is 40.9 Å². The maximum atomic E-state index is 12.4. The number of carbonyl (C=O) groups excluding carboxylic acids is 2. The number of benzene rings is 2. The summed E-state index contributed by atoms with van der Waals surface area (Å²) in [5.41, 5.74) is 4.57. The quantitative estimate of drug-likeness (QED) is 0.845. The minimum atomic E-state index is -0.223. The van der Waals surface area contributed by atoms with Crippen LogP contribution >= 0.6 is 15.9 Å². The number of aryl methyl sites for hydroxylation is 3. The molecule has 0 aromatic heterocycles. The molecular weight excluding hydrogens is 368 g/mol. The number of carbonyl (C=O) groups is 2. The van der Waals surface area contributed by atoms with E-state index in [4.69, 9.17) is 0 Å². The minimum Gasteiger partial charge on any atom is -0.324 e. The summed E-state index contributed by atoms with van der Waals surface area (Å²) >= 11 is 3.41. The first kappa shape index (κ1) is 18.2. The first-order valence-electron chi connectivity index (χ1n) is 7.69. The van der Waals surface area contributed by atoms with Gasteiger partial charge in [-0.1, -0.05) is 33.6 Å². The predicted molar refractivity (Wildman–Crippen MR) is 101 cm³/mol. The Morgan fingerprint density at radius 2 is 1.75 bits per heavy atom. The molecule has 0 unspecified atom stereocenters. The lowest BCUT2D eigenvalue weighted by molar-refractivity contribution is -0.120. The van der Waals surface area contributed by atoms with Crippen LogP contribution < -0.4 is 10.2 Å². The van der Waals surface area contributed by atoms with E-state index >= 15 is 0 Å². The van der Waals surface area contributed by atoms with Crippen LogP contribution in [0.2, 0.25) is 0 Å². The smallest absolute Gasteiger partial charge is 0.244 e. The van der Waals surface area contributed by atoms with Gasteiger partial charge in [0.2, 0.25) is 11.8 Å². The highest BCUT2D eigenvalue weighted by atomic mass is 79.9. The van der Waals surface area contributed by atoms with Gasteiger partial charge in [0, 0.05) is 22.8 Å². The van der Waals surface area contributed by atoms with Crippen molar-refractivity contribution < 1.29 is 9.59 Å². The van der Waals surface area contributed by atoms with E-state index in [-0.39, 0.29) is 18.4 Å². The largest absolute Gasteiger partial charge is 0.324 e. The number of hydrogen-bond acceptors (Lipinski definition) is 2. The Kier molecular flexibility index (Phi) is 5.78. The van der Waals surface area contributed by atoms with Crippen molar-refractivity contribution in [2.75, 3.05) is 16.8 Å². The highest BCUT2D eigenvalue weighted by Crippen LogP contribution is 2.24. The summed E-state index contributed by atoms with van der Waals surface area (Å²) in [6, 6.07) is 11.5. The van der Waals surface area contributed by atoms with Crippen molar-refractivity contribution in [3.63, 3.8) is 0 Å². The van der Waals surface area contributed by atoms with Gasteiger partial charge in [-0.15, -0.1) is 0 Å². The highest BCUT2D eigenvalue weighted by molar-refractivity contribution is 9.10. The summed E-state index contributed by atoms with van der Waals surface area (Å²) in [7, 11) is 0. The first-order chi connectivity index (χ1) is 11.3. The van der Waals surface area contributed by atoms with Crippen LogP contribution in [0.25, 0.3) is 0 Å². The van der Waals surface area contributed by atoms with E-state index in [0.717, 1.165) is 32.5 Å². The summed E-state index contributed by atoms with van der Waals surface area (Å²) in [4.78, 5) is 25.9. The fourth-order valence-corrected chi connectivity index (χ4v) is 3.05. The summed E-state index contributed by atoms with van der Waals surface area (Å²) < 4.78 is 0.937. The molecule has 0 aliphatic heterocycles. The van der Waals surface area contributed by atoms with E-state index in [1.54, 1.807) is 0 Å². The van der Waals surface area contributed by atoms with Crippen molar-refractivity contribution in [2.45, 2.75) is 27.7 Å². The third-order valence-corrected chi connectivity index (χ3v) is 4.28. The molecule has 126 valence electrons. The molecule has 24 heavy (non-hydrogen) atoms. The van der Waals surface area contributed by atoms with Crippen molar-refractivity contribution in [1.82, 2.24) is 0 Å². The molecule has 0 bridgehead atoms. The predicted octanol–water partition coefficient (Wildman–Crippen LogP) is 4.37. The van der Waals surface area contributed by atoms with E-state index in [2.05, 4.69) is 21.2 Å². The Morgan fingerprint density at radius 3 is 2.33 bits per heavy atom. The van der Waals surface area contributed by atoms with Crippen LogP contribution in [-0.4, -0.2) is 18.4 Å². The number of anilines is 2. The number of nitrogens with zero attached hydrogens (tertiary/aromatic N) is 1. The van der Waals surface area contributed by atoms with E-state index in [1.165, 1.54) is 11.8 Å². The first-order valence-corrected chi connectivity index (χ1v) is 8.48. The molecular formula is C19H21BrN2O2. The lowest BCUT2D eigenvalue weighted by Crippen LogP contribution is -2.37. The molecule has 0 saturated carbocycles. The van der Waals surface area contributed by atoms with Gasteiger partial charge in [0.25, 0.3) is 0 Å². The van der Waals surface area contributed by atoms with Gasteiger partial charge in [-0.3, -0.25) is 9.59 Å². The molecule has 0 fully saturated rings. The van der Waals surface area contributed by atoms with Crippen LogP contribution in [0.5, 0.6) is 0 Å². The van der Waals surface area contributed by atoms with E-state index < -0.39 is 0 Å². The number of halogens is 1. The average molecular weight is 389 g/mol. The van der Waals surface area contributed by atoms with Crippen LogP contribution in [0.3, 0.4) is 0 Å². The number of nitrogens with one attached hydrogen (secondary N) is 1. The fourth-order valence-electron chi connectivity index (χ4n) is 2.58. The molecule has 2 amide bonds. The van der Waals surface area contributed by atoms with Crippen molar-refractivity contribution in [1.29, 1.82) is 0 Å². The van der Waals surface area contributed by atoms with Gasteiger partial charge >= 0.3 is 0 Å². The van der Waals surface area contributed by atoms with Gasteiger partial charge < -0.3 is 10.2 Å². The SMILES string of the molecule is CC(=O)N(CC(=O)Nc1ccc(C)cc1C)c1ccc(Br)cc1C. The van der Waals surface area contributed by atoms with Gasteiger partial charge in [0.1, 0.15) is 6.54 Å². The van der Waals surface area contributed by atoms with Crippen molar-refractivity contribution >= 4 is 39.1 Å². The molecule has 0 spiro atoms. The Morgan fingerprint density at radius 1 is 1.04 bits per heavy atom. The highest BCUT2D eigenvalue weighted by Gasteiger charge is 2.18. The van der Waals surface area contributed by atoms with Crippen LogP contribution in [-0.2, 0) is 9.59 Å². The van der Waals surface area contributed by atoms with Crippen molar-refractivity contribution in [3.05, 3.63) is 57.6 Å². The number of hydrogen-bond donors (Lipinski definition) is 1. The average Bonchev–Trinajstić information content (AvgIpc) is 2.48. The third kappa shape index (κ3) is 4.45. The molecule has 0 aliphatic carbocycles. The molecule has 0 atom stereocenters. The van der Waals surface area contributed by atoms with Gasteiger partial charge in [0.05, 0.1) is 0 Å². The molecule has 2 aromatic carbocycles. The lowest BCUT2D eigenvalue weighted by atomic mass is 10.1. The molecule has 2 aromatic rings. The Hall–Kier alpha value is -2.14. The maximum absolute atomic E-state index is 12.4. The second kappa shape index (κ2) is 7.62. The topological polar surface area (TPSA) is 49.4 Å². The zero-order valence-corrected chi connectivity index (χ0v) is 15.9. The third-order valence-electron chi connectivity index (χ3n) is 3.79. The molecule has 0 saturated heterocycles. The van der Waals surface area contributed by atoms with E-state index in [9.17, 15) is 9.59 Å². The van der Waals surface area contributed by atoms with Gasteiger partial charge in [-0.2, -0.15) is 0 Å². The molecule has 0 aliphatic rings. The number of amides is 2. The Bertz CT molecular complexity index is 787. The summed E-state index contributed by atoms with van der Waals surface area (Å²) in [5, 5.41) is 2.88. The zero-order valence-electron chi connectivity index (χ0n) is 14.3. The number of rotatable bonds is 4. The molecule has 0 radical (unpaired) electrons. The molecule has 5 heteroatoms. The van der Waals surface area contributed by atoms with E-state index in [1.807, 2.05) is 57.2 Å². The molecule has 0 heterocycles. The second-order valence-corrected chi connectivity index (χ2v) is 6.82. The summed E-state index contributed by atoms with van der Waals surface area (Å²) in [6.45, 7) is 7.31. The van der Waals surface area contributed by atoms with Crippen molar-refractivity contribution in [3.8, 4) is 0 Å². The lowest BCUT2D eigenvalue weighted by Gasteiger charge is -2.23.